The van der Waals surface area contributed by atoms with Gasteiger partial charge in [-0.15, -0.1) is 5.10 Å². The SMILES string of the molecule is CC(=O)N[C@H](CCC(=O)OCc1ccccc1)C(=O)N[C@@H](CCC(=O)OCc1ccccc1)C(=O)NCCOCCn1cc(CCC(=O)NC(CCC[NH+]=C(N)N)C(=O)O)nn1. The number of nitrogens with two attached hydrogens (primary N) is 2. The Morgan fingerprint density at radius 2 is 1.35 bits per heavy atom. The summed E-state index contributed by atoms with van der Waals surface area (Å²) in [5.74, 6) is -4.65. The summed E-state index contributed by atoms with van der Waals surface area (Å²) in [7, 11) is 0. The Morgan fingerprint density at radius 1 is 0.758 bits per heavy atom. The lowest BCUT2D eigenvalue weighted by Gasteiger charge is -2.23. The molecule has 1 heterocycles. The molecule has 21 heteroatoms. The Bertz CT molecular complexity index is 1920. The highest BCUT2D eigenvalue weighted by Crippen LogP contribution is 2.09. The second-order valence-corrected chi connectivity index (χ2v) is 14.0. The number of aryl methyl sites for hydroxylation is 1. The molecule has 2 aromatic carbocycles. The summed E-state index contributed by atoms with van der Waals surface area (Å²) in [5, 5.41) is 27.8. The van der Waals surface area contributed by atoms with Crippen molar-refractivity contribution in [3.05, 3.63) is 83.7 Å². The molecule has 0 fully saturated rings. The van der Waals surface area contributed by atoms with Gasteiger partial charge < -0.3 is 40.6 Å². The number of aromatic nitrogens is 3. The number of amides is 4. The molecule has 0 saturated heterocycles. The maximum Gasteiger partial charge on any atom is 0.338 e. The Balaban J connectivity index is 1.47. The van der Waals surface area contributed by atoms with Crippen LogP contribution in [0.4, 0.5) is 0 Å². The van der Waals surface area contributed by atoms with Crippen molar-refractivity contribution < 1.29 is 57.9 Å². The molecule has 336 valence electrons. The molecule has 0 bridgehead atoms. The monoisotopic (exact) mass is 865 g/mol. The standard InChI is InChI=1S/C41H56N10O11/c1-28(52)46-33(16-19-37(55)62-27-30-11-6-3-7-12-30)39(57)48-32(15-18-36(54)61-26-29-9-4-2-5-10-29)38(56)44-21-23-60-24-22-51-25-31(49-50-51)14-17-35(53)47-34(40(58)59)13-8-20-45-41(42)43/h2-7,9-12,25,32-34H,8,13-24,26-27H2,1H3,(H,44,56)(H,46,52)(H,47,53)(H,48,57)(H,58,59)(H4,42,43,45)/p+1/t32-,33+,34?/m0/s1. The van der Waals surface area contributed by atoms with Gasteiger partial charge in [-0.2, -0.15) is 0 Å². The van der Waals surface area contributed by atoms with Crippen LogP contribution in [0.3, 0.4) is 0 Å². The van der Waals surface area contributed by atoms with Crippen LogP contribution in [0.5, 0.6) is 0 Å². The molecular formula is C41H57N10O11+. The van der Waals surface area contributed by atoms with Crippen molar-refractivity contribution in [3.8, 4) is 0 Å². The van der Waals surface area contributed by atoms with Crippen LogP contribution in [-0.4, -0.2) is 112 Å². The summed E-state index contributed by atoms with van der Waals surface area (Å²) >= 11 is 0. The highest BCUT2D eigenvalue weighted by Gasteiger charge is 2.28. The van der Waals surface area contributed by atoms with E-state index in [2.05, 4.69) is 36.6 Å². The lowest BCUT2D eigenvalue weighted by molar-refractivity contribution is -0.459. The molecule has 0 aliphatic carbocycles. The van der Waals surface area contributed by atoms with Crippen LogP contribution in [0.2, 0.25) is 0 Å². The average molecular weight is 866 g/mol. The first-order valence-corrected chi connectivity index (χ1v) is 20.1. The molecule has 3 atom stereocenters. The minimum absolute atomic E-state index is 0.00547. The van der Waals surface area contributed by atoms with Crippen molar-refractivity contribution in [2.75, 3.05) is 26.3 Å². The molecule has 0 aliphatic heterocycles. The fourth-order valence-electron chi connectivity index (χ4n) is 5.70. The molecule has 0 radical (unpaired) electrons. The summed E-state index contributed by atoms with van der Waals surface area (Å²) in [5.41, 5.74) is 12.7. The minimum Gasteiger partial charge on any atom is -0.480 e. The fourth-order valence-corrected chi connectivity index (χ4v) is 5.70. The van der Waals surface area contributed by atoms with E-state index in [-0.39, 0.29) is 83.9 Å². The predicted molar refractivity (Wildman–Crippen MR) is 221 cm³/mol. The van der Waals surface area contributed by atoms with E-state index in [0.29, 0.717) is 25.2 Å². The number of nitrogens with zero attached hydrogens (tertiary/aromatic N) is 3. The molecule has 4 amide bonds. The Labute approximate surface area is 358 Å². The van der Waals surface area contributed by atoms with Crippen LogP contribution < -0.4 is 37.7 Å². The highest BCUT2D eigenvalue weighted by atomic mass is 16.5. The summed E-state index contributed by atoms with van der Waals surface area (Å²) in [6.07, 6.45) is 1.80. The maximum atomic E-state index is 13.4. The molecule has 3 aromatic rings. The summed E-state index contributed by atoms with van der Waals surface area (Å²) in [4.78, 5) is 90.5. The normalized spacial score (nSPS) is 12.1. The number of esters is 2. The van der Waals surface area contributed by atoms with Crippen LogP contribution in [-0.2, 0) is 74.0 Å². The number of ether oxygens (including phenoxy) is 3. The van der Waals surface area contributed by atoms with E-state index in [0.717, 1.165) is 11.1 Å². The first-order valence-electron chi connectivity index (χ1n) is 20.1. The molecule has 21 nitrogen and oxygen atoms in total. The van der Waals surface area contributed by atoms with Gasteiger partial charge in [0, 0.05) is 45.3 Å². The van der Waals surface area contributed by atoms with Gasteiger partial charge in [0.05, 0.1) is 32.0 Å². The molecule has 0 aliphatic rings. The zero-order valence-corrected chi connectivity index (χ0v) is 34.7. The van der Waals surface area contributed by atoms with Crippen LogP contribution in [0.15, 0.2) is 66.9 Å². The second-order valence-electron chi connectivity index (χ2n) is 14.0. The van der Waals surface area contributed by atoms with E-state index in [1.54, 1.807) is 54.7 Å². The Kier molecular flexibility index (Phi) is 22.2. The third-order valence-corrected chi connectivity index (χ3v) is 8.92. The largest absolute Gasteiger partial charge is 0.480 e. The topological polar surface area (TPSA) is 312 Å². The van der Waals surface area contributed by atoms with Gasteiger partial charge in [0.25, 0.3) is 0 Å². The number of carbonyl (C=O) groups excluding carboxylic acids is 6. The first-order chi connectivity index (χ1) is 29.8. The number of rotatable bonds is 29. The van der Waals surface area contributed by atoms with Gasteiger partial charge in [0.2, 0.25) is 23.6 Å². The predicted octanol–water partition coefficient (Wildman–Crippen LogP) is -1.92. The van der Waals surface area contributed by atoms with Gasteiger partial charge in [-0.05, 0) is 36.8 Å². The van der Waals surface area contributed by atoms with Gasteiger partial charge in [-0.1, -0.05) is 65.9 Å². The molecule has 0 spiro atoms. The number of carboxylic acids is 1. The number of hydrogen-bond donors (Lipinski definition) is 8. The van der Waals surface area contributed by atoms with E-state index in [1.807, 2.05) is 12.1 Å². The van der Waals surface area contributed by atoms with Crippen molar-refractivity contribution in [1.82, 2.24) is 36.3 Å². The van der Waals surface area contributed by atoms with Crippen LogP contribution >= 0.6 is 0 Å². The van der Waals surface area contributed by atoms with Crippen molar-refractivity contribution in [2.24, 2.45) is 11.5 Å². The molecule has 62 heavy (non-hydrogen) atoms. The third kappa shape index (κ3) is 20.9. The zero-order valence-electron chi connectivity index (χ0n) is 34.7. The lowest BCUT2D eigenvalue weighted by atomic mass is 10.1. The quantitative estimate of drug-likeness (QED) is 0.0163. The number of hydrogen-bond acceptors (Lipinski definition) is 12. The van der Waals surface area contributed by atoms with E-state index in [4.69, 9.17) is 25.7 Å². The van der Waals surface area contributed by atoms with Crippen LogP contribution in [0.25, 0.3) is 0 Å². The van der Waals surface area contributed by atoms with E-state index in [9.17, 15) is 38.7 Å². The lowest BCUT2D eigenvalue weighted by Crippen LogP contribution is -2.78. The smallest absolute Gasteiger partial charge is 0.338 e. The van der Waals surface area contributed by atoms with Gasteiger partial charge in [-0.25, -0.2) is 9.48 Å². The fraction of sp³-hybridized carbons (Fsp3) is 0.463. The summed E-state index contributed by atoms with van der Waals surface area (Å²) in [6, 6.07) is 14.6. The van der Waals surface area contributed by atoms with Gasteiger partial charge in [0.1, 0.15) is 31.3 Å². The zero-order chi connectivity index (χ0) is 45.1. The van der Waals surface area contributed by atoms with Crippen molar-refractivity contribution >= 4 is 47.5 Å². The third-order valence-electron chi connectivity index (χ3n) is 8.92. The maximum absolute atomic E-state index is 13.4. The number of benzene rings is 2. The number of aliphatic carboxylic acids is 1. The number of guanidine groups is 1. The Morgan fingerprint density at radius 3 is 1.92 bits per heavy atom. The van der Waals surface area contributed by atoms with E-state index < -0.39 is 59.7 Å². The molecule has 1 aromatic heterocycles. The van der Waals surface area contributed by atoms with Gasteiger partial charge in [0.15, 0.2) is 0 Å². The average Bonchev–Trinajstić information content (AvgIpc) is 3.71. The van der Waals surface area contributed by atoms with Crippen molar-refractivity contribution in [3.63, 3.8) is 0 Å². The van der Waals surface area contributed by atoms with Gasteiger partial charge in [-0.3, -0.25) is 45.2 Å². The second kappa shape index (κ2) is 27.8. The first kappa shape index (κ1) is 49.5. The highest BCUT2D eigenvalue weighted by molar-refractivity contribution is 5.92. The summed E-state index contributed by atoms with van der Waals surface area (Å²) in [6.45, 7) is 2.23. The number of nitrogens with one attached hydrogen (secondary N) is 5. The van der Waals surface area contributed by atoms with Crippen molar-refractivity contribution in [1.29, 1.82) is 0 Å². The number of carbonyl (C=O) groups is 7. The van der Waals surface area contributed by atoms with Crippen molar-refractivity contribution in [2.45, 2.75) is 96.2 Å². The van der Waals surface area contributed by atoms with E-state index in [1.165, 1.54) is 11.6 Å². The van der Waals surface area contributed by atoms with Crippen LogP contribution in [0, 0.1) is 0 Å². The van der Waals surface area contributed by atoms with Gasteiger partial charge >= 0.3 is 23.9 Å². The minimum atomic E-state index is -1.21. The molecule has 1 unspecified atom stereocenters. The number of carboxylic acid groups (broad SMARTS) is 1. The Hall–Kier alpha value is -6.90. The molecular weight excluding hydrogens is 809 g/mol. The molecule has 10 N–H and O–H groups in total. The summed E-state index contributed by atoms with van der Waals surface area (Å²) < 4.78 is 17.8. The van der Waals surface area contributed by atoms with Crippen LogP contribution in [0.1, 0.15) is 68.7 Å². The van der Waals surface area contributed by atoms with E-state index >= 15 is 0 Å². The molecule has 3 rings (SSSR count). The molecule has 0 saturated carbocycles.